The second-order valence-corrected chi connectivity index (χ2v) is 4.88. The normalized spacial score (nSPS) is 10.8. The minimum Gasteiger partial charge on any atom is -0.343 e. The molecular formula is C13H17N3OS. The van der Waals surface area contributed by atoms with Crippen LogP contribution in [0.1, 0.15) is 13.8 Å². The molecule has 0 atom stereocenters. The third-order valence-electron chi connectivity index (χ3n) is 2.82. The van der Waals surface area contributed by atoms with Gasteiger partial charge >= 0.3 is 0 Å². The Balaban J connectivity index is 1.99. The molecule has 2 aromatic rings. The van der Waals surface area contributed by atoms with Crippen LogP contribution >= 0.6 is 11.8 Å². The molecule has 0 saturated carbocycles. The number of hydrogen-bond donors (Lipinski definition) is 1. The highest BCUT2D eigenvalue weighted by Gasteiger charge is 2.11. The largest absolute Gasteiger partial charge is 0.343 e. The Labute approximate surface area is 111 Å². The lowest BCUT2D eigenvalue weighted by Gasteiger charge is -2.17. The molecule has 0 radical (unpaired) electrons. The molecule has 0 aliphatic carbocycles. The Bertz CT molecular complexity index is 501. The zero-order valence-electron chi connectivity index (χ0n) is 10.6. The first-order valence-corrected chi connectivity index (χ1v) is 7.08. The molecule has 0 unspecified atom stereocenters. The van der Waals surface area contributed by atoms with E-state index in [1.807, 2.05) is 43.0 Å². The van der Waals surface area contributed by atoms with Gasteiger partial charge in [-0.05, 0) is 26.0 Å². The first-order chi connectivity index (χ1) is 8.74. The van der Waals surface area contributed by atoms with Crippen LogP contribution in [0.5, 0.6) is 0 Å². The van der Waals surface area contributed by atoms with E-state index in [2.05, 4.69) is 9.97 Å². The molecule has 1 N–H and O–H groups in total. The van der Waals surface area contributed by atoms with Gasteiger partial charge in [0.15, 0.2) is 5.16 Å². The van der Waals surface area contributed by atoms with E-state index < -0.39 is 0 Å². The molecule has 0 aliphatic rings. The van der Waals surface area contributed by atoms with E-state index in [4.69, 9.17) is 0 Å². The molecule has 5 heteroatoms. The molecule has 4 nitrogen and oxygen atoms in total. The standard InChI is InChI=1S/C13H17N3OS/c1-3-16(4-2)12(17)9-18-13-14-10-7-5-6-8-11(10)15-13/h5-8H,3-4,9H2,1-2H3,(H,14,15). The topological polar surface area (TPSA) is 49.0 Å². The fourth-order valence-corrected chi connectivity index (χ4v) is 2.58. The first-order valence-electron chi connectivity index (χ1n) is 6.10. The summed E-state index contributed by atoms with van der Waals surface area (Å²) < 4.78 is 0. The average Bonchev–Trinajstić information content (AvgIpc) is 2.80. The zero-order valence-corrected chi connectivity index (χ0v) is 11.5. The quantitative estimate of drug-likeness (QED) is 0.843. The third-order valence-corrected chi connectivity index (χ3v) is 3.67. The summed E-state index contributed by atoms with van der Waals surface area (Å²) in [7, 11) is 0. The number of benzene rings is 1. The maximum Gasteiger partial charge on any atom is 0.233 e. The van der Waals surface area contributed by atoms with Crippen LogP contribution in [0.4, 0.5) is 0 Å². The van der Waals surface area contributed by atoms with E-state index in [0.29, 0.717) is 5.75 Å². The Morgan fingerprint density at radius 1 is 1.33 bits per heavy atom. The minimum absolute atomic E-state index is 0.158. The molecule has 0 spiro atoms. The summed E-state index contributed by atoms with van der Waals surface area (Å²) in [6, 6.07) is 7.87. The molecule has 1 heterocycles. The van der Waals surface area contributed by atoms with Gasteiger partial charge in [-0.25, -0.2) is 4.98 Å². The molecule has 1 amide bonds. The van der Waals surface area contributed by atoms with Crippen molar-refractivity contribution >= 4 is 28.7 Å². The van der Waals surface area contributed by atoms with Crippen LogP contribution in [0.15, 0.2) is 29.4 Å². The highest BCUT2D eigenvalue weighted by Crippen LogP contribution is 2.19. The number of H-pyrrole nitrogens is 1. The number of aromatic amines is 1. The van der Waals surface area contributed by atoms with Crippen molar-refractivity contribution in [2.45, 2.75) is 19.0 Å². The van der Waals surface area contributed by atoms with Gasteiger partial charge in [0.2, 0.25) is 5.91 Å². The zero-order chi connectivity index (χ0) is 13.0. The van der Waals surface area contributed by atoms with Crippen LogP contribution in [0.25, 0.3) is 11.0 Å². The number of thioether (sulfide) groups is 1. The highest BCUT2D eigenvalue weighted by atomic mass is 32.2. The maximum atomic E-state index is 11.9. The predicted octanol–water partition coefficient (Wildman–Crippen LogP) is 2.52. The summed E-state index contributed by atoms with van der Waals surface area (Å²) in [5.74, 6) is 0.590. The van der Waals surface area contributed by atoms with Crippen molar-refractivity contribution in [3.05, 3.63) is 24.3 Å². The number of carbonyl (C=O) groups excluding carboxylic acids is 1. The number of rotatable bonds is 5. The molecule has 0 bridgehead atoms. The lowest BCUT2D eigenvalue weighted by molar-refractivity contribution is -0.127. The van der Waals surface area contributed by atoms with Gasteiger partial charge in [0, 0.05) is 13.1 Å². The van der Waals surface area contributed by atoms with Crippen LogP contribution in [-0.4, -0.2) is 39.6 Å². The summed E-state index contributed by atoms with van der Waals surface area (Å²) in [6.45, 7) is 5.51. The number of imidazole rings is 1. The number of nitrogens with zero attached hydrogens (tertiary/aromatic N) is 2. The average molecular weight is 263 g/mol. The van der Waals surface area contributed by atoms with Gasteiger partial charge in [-0.1, -0.05) is 23.9 Å². The van der Waals surface area contributed by atoms with Crippen LogP contribution in [0, 0.1) is 0 Å². The molecule has 2 rings (SSSR count). The number of carbonyl (C=O) groups is 1. The summed E-state index contributed by atoms with van der Waals surface area (Å²) in [4.78, 5) is 21.3. The molecule has 18 heavy (non-hydrogen) atoms. The number of amides is 1. The van der Waals surface area contributed by atoms with E-state index >= 15 is 0 Å². The maximum absolute atomic E-state index is 11.9. The summed E-state index contributed by atoms with van der Waals surface area (Å²) >= 11 is 1.46. The fraction of sp³-hybridized carbons (Fsp3) is 0.385. The van der Waals surface area contributed by atoms with Crippen molar-refractivity contribution in [3.8, 4) is 0 Å². The number of para-hydroxylation sites is 2. The SMILES string of the molecule is CCN(CC)C(=O)CSc1nc2ccccc2[nH]1. The first kappa shape index (κ1) is 13.0. The predicted molar refractivity (Wildman–Crippen MR) is 74.7 cm³/mol. The van der Waals surface area contributed by atoms with E-state index in [1.165, 1.54) is 11.8 Å². The van der Waals surface area contributed by atoms with Gasteiger partial charge in [0.1, 0.15) is 0 Å². The number of hydrogen-bond acceptors (Lipinski definition) is 3. The van der Waals surface area contributed by atoms with Crippen LogP contribution in [0.3, 0.4) is 0 Å². The number of aromatic nitrogens is 2. The van der Waals surface area contributed by atoms with Crippen molar-refractivity contribution < 1.29 is 4.79 Å². The third kappa shape index (κ3) is 2.85. The second kappa shape index (κ2) is 5.91. The van der Waals surface area contributed by atoms with Gasteiger partial charge in [-0.15, -0.1) is 0 Å². The molecular weight excluding hydrogens is 246 g/mol. The van der Waals surface area contributed by atoms with Crippen molar-refractivity contribution in [2.75, 3.05) is 18.8 Å². The van der Waals surface area contributed by atoms with Crippen LogP contribution in [0.2, 0.25) is 0 Å². The van der Waals surface area contributed by atoms with Crippen molar-refractivity contribution in [1.82, 2.24) is 14.9 Å². The lowest BCUT2D eigenvalue weighted by atomic mass is 10.3. The van der Waals surface area contributed by atoms with Crippen molar-refractivity contribution in [1.29, 1.82) is 0 Å². The fourth-order valence-electron chi connectivity index (χ4n) is 1.80. The molecule has 1 aromatic heterocycles. The van der Waals surface area contributed by atoms with Gasteiger partial charge in [0.25, 0.3) is 0 Å². The van der Waals surface area contributed by atoms with Gasteiger partial charge < -0.3 is 9.88 Å². The van der Waals surface area contributed by atoms with E-state index in [1.54, 1.807) is 0 Å². The summed E-state index contributed by atoms with van der Waals surface area (Å²) in [6.07, 6.45) is 0. The Morgan fingerprint density at radius 3 is 2.72 bits per heavy atom. The molecule has 0 fully saturated rings. The second-order valence-electron chi connectivity index (χ2n) is 3.91. The van der Waals surface area contributed by atoms with Gasteiger partial charge in [-0.2, -0.15) is 0 Å². The molecule has 1 aromatic carbocycles. The molecule has 0 aliphatic heterocycles. The Hall–Kier alpha value is -1.49. The van der Waals surface area contributed by atoms with E-state index in [0.717, 1.165) is 29.3 Å². The van der Waals surface area contributed by atoms with E-state index in [-0.39, 0.29) is 5.91 Å². The van der Waals surface area contributed by atoms with Gasteiger partial charge in [-0.3, -0.25) is 4.79 Å². The molecule has 96 valence electrons. The van der Waals surface area contributed by atoms with Crippen molar-refractivity contribution in [2.24, 2.45) is 0 Å². The van der Waals surface area contributed by atoms with E-state index in [9.17, 15) is 4.79 Å². The minimum atomic E-state index is 0.158. The van der Waals surface area contributed by atoms with Crippen LogP contribution in [-0.2, 0) is 4.79 Å². The number of fused-ring (bicyclic) bond motifs is 1. The highest BCUT2D eigenvalue weighted by molar-refractivity contribution is 7.99. The Kier molecular flexibility index (Phi) is 4.25. The smallest absolute Gasteiger partial charge is 0.233 e. The molecule has 0 saturated heterocycles. The van der Waals surface area contributed by atoms with Gasteiger partial charge in [0.05, 0.1) is 16.8 Å². The number of nitrogens with one attached hydrogen (secondary N) is 1. The monoisotopic (exact) mass is 263 g/mol. The van der Waals surface area contributed by atoms with Crippen LogP contribution < -0.4 is 0 Å². The lowest BCUT2D eigenvalue weighted by Crippen LogP contribution is -2.31. The van der Waals surface area contributed by atoms with Crippen molar-refractivity contribution in [3.63, 3.8) is 0 Å². The Morgan fingerprint density at radius 2 is 2.06 bits per heavy atom. The summed E-state index contributed by atoms with van der Waals surface area (Å²) in [5.41, 5.74) is 1.95. The summed E-state index contributed by atoms with van der Waals surface area (Å²) in [5, 5.41) is 0.803.